The average molecular weight is 423 g/mol. The highest BCUT2D eigenvalue weighted by molar-refractivity contribution is 5.76. The van der Waals surface area contributed by atoms with Crippen LogP contribution in [0, 0.1) is 0 Å². The van der Waals surface area contributed by atoms with Crippen LogP contribution < -0.4 is 10.6 Å². The van der Waals surface area contributed by atoms with E-state index in [1.807, 2.05) is 7.05 Å². The van der Waals surface area contributed by atoms with Crippen LogP contribution in [0.3, 0.4) is 0 Å². The fourth-order valence-corrected chi connectivity index (χ4v) is 3.26. The van der Waals surface area contributed by atoms with E-state index in [0.29, 0.717) is 26.0 Å². The van der Waals surface area contributed by atoms with Crippen molar-refractivity contribution in [2.24, 2.45) is 0 Å². The second-order valence-electron chi connectivity index (χ2n) is 7.29. The lowest BCUT2D eigenvalue weighted by atomic mass is 10.1. The van der Waals surface area contributed by atoms with Gasteiger partial charge in [0, 0.05) is 32.4 Å². The first-order valence-corrected chi connectivity index (χ1v) is 10.9. The van der Waals surface area contributed by atoms with Crippen molar-refractivity contribution >= 4 is 18.2 Å². The van der Waals surface area contributed by atoms with Gasteiger partial charge in [-0.1, -0.05) is 19.9 Å². The molecule has 30 heavy (non-hydrogen) atoms. The summed E-state index contributed by atoms with van der Waals surface area (Å²) < 4.78 is 5.59. The summed E-state index contributed by atoms with van der Waals surface area (Å²) in [5.74, 6) is -0.0571. The number of pyridine rings is 1. The van der Waals surface area contributed by atoms with E-state index < -0.39 is 12.0 Å². The Labute approximate surface area is 180 Å². The number of ether oxygens (including phenoxy) is 1. The molecule has 0 bridgehead atoms. The third kappa shape index (κ3) is 10.0. The summed E-state index contributed by atoms with van der Waals surface area (Å²) in [6, 6.07) is 3.37. The van der Waals surface area contributed by atoms with Crippen molar-refractivity contribution in [3.05, 3.63) is 23.4 Å². The van der Waals surface area contributed by atoms with E-state index in [1.54, 1.807) is 0 Å². The van der Waals surface area contributed by atoms with E-state index in [4.69, 9.17) is 9.72 Å². The summed E-state index contributed by atoms with van der Waals surface area (Å²) in [4.78, 5) is 28.8. The smallest absolute Gasteiger partial charge is 0.326 e. The fourth-order valence-electron chi connectivity index (χ4n) is 3.26. The highest BCUT2D eigenvalue weighted by Gasteiger charge is 2.17. The molecule has 8 nitrogen and oxygen atoms in total. The molecule has 1 unspecified atom stereocenters. The Morgan fingerprint density at radius 2 is 2.03 bits per heavy atom. The van der Waals surface area contributed by atoms with Gasteiger partial charge in [0.25, 0.3) is 0 Å². The SMILES string of the molecule is CCCOCCN(CCCCc1ccc(CC)c(NC)n1)CCC(NC=O)C(=O)O. The Morgan fingerprint density at radius 3 is 2.67 bits per heavy atom. The third-order valence-corrected chi connectivity index (χ3v) is 5.01. The van der Waals surface area contributed by atoms with E-state index in [1.165, 1.54) is 5.56 Å². The number of amides is 1. The number of nitrogens with zero attached hydrogens (tertiary/aromatic N) is 2. The maximum Gasteiger partial charge on any atom is 0.326 e. The molecular weight excluding hydrogens is 384 g/mol. The molecule has 0 aliphatic carbocycles. The molecule has 0 aliphatic rings. The van der Waals surface area contributed by atoms with Crippen LogP contribution in [-0.2, 0) is 27.2 Å². The van der Waals surface area contributed by atoms with Crippen molar-refractivity contribution in [1.82, 2.24) is 15.2 Å². The molecule has 1 aromatic heterocycles. The first-order chi connectivity index (χ1) is 14.5. The zero-order chi connectivity index (χ0) is 22.2. The summed E-state index contributed by atoms with van der Waals surface area (Å²) in [7, 11) is 1.90. The summed E-state index contributed by atoms with van der Waals surface area (Å²) in [5.41, 5.74) is 2.30. The number of hydrogen-bond acceptors (Lipinski definition) is 6. The molecule has 0 aromatic carbocycles. The number of carbonyl (C=O) groups is 2. The highest BCUT2D eigenvalue weighted by atomic mass is 16.5. The number of unbranched alkanes of at least 4 members (excludes halogenated alkanes) is 1. The molecular formula is C22H38N4O4. The Balaban J connectivity index is 2.51. The predicted octanol–water partition coefficient (Wildman–Crippen LogP) is 2.33. The topological polar surface area (TPSA) is 104 Å². The molecule has 1 atom stereocenters. The van der Waals surface area contributed by atoms with Gasteiger partial charge in [0.15, 0.2) is 0 Å². The van der Waals surface area contributed by atoms with Crippen LogP contribution in [0.5, 0.6) is 0 Å². The summed E-state index contributed by atoms with van der Waals surface area (Å²) >= 11 is 0. The zero-order valence-corrected chi connectivity index (χ0v) is 18.7. The molecule has 1 amide bonds. The second-order valence-corrected chi connectivity index (χ2v) is 7.29. The normalized spacial score (nSPS) is 12.0. The largest absolute Gasteiger partial charge is 0.480 e. The number of rotatable bonds is 18. The van der Waals surface area contributed by atoms with Crippen LogP contribution in [0.2, 0.25) is 0 Å². The maximum atomic E-state index is 11.2. The molecule has 0 fully saturated rings. The van der Waals surface area contributed by atoms with Gasteiger partial charge in [0.1, 0.15) is 11.9 Å². The van der Waals surface area contributed by atoms with Crippen molar-refractivity contribution in [2.75, 3.05) is 45.2 Å². The van der Waals surface area contributed by atoms with Gasteiger partial charge in [0.05, 0.1) is 6.61 Å². The first kappa shape index (κ1) is 25.8. The number of carboxylic acid groups (broad SMARTS) is 1. The Kier molecular flexibility index (Phi) is 13.5. The van der Waals surface area contributed by atoms with Crippen LogP contribution in [0.4, 0.5) is 5.82 Å². The van der Waals surface area contributed by atoms with E-state index in [0.717, 1.165) is 63.3 Å². The Hall–Kier alpha value is -2.19. The molecule has 0 aliphatic heterocycles. The minimum Gasteiger partial charge on any atom is -0.480 e. The molecule has 1 aromatic rings. The number of aromatic nitrogens is 1. The van der Waals surface area contributed by atoms with Crippen LogP contribution in [0.1, 0.15) is 50.8 Å². The lowest BCUT2D eigenvalue weighted by Crippen LogP contribution is -2.40. The van der Waals surface area contributed by atoms with Crippen LogP contribution in [0.25, 0.3) is 0 Å². The Bertz CT molecular complexity index is 627. The maximum absolute atomic E-state index is 11.2. The van der Waals surface area contributed by atoms with Crippen molar-refractivity contribution in [2.45, 2.75) is 58.4 Å². The minimum atomic E-state index is -1.01. The number of carbonyl (C=O) groups excluding carboxylic acids is 1. The average Bonchev–Trinajstić information content (AvgIpc) is 2.75. The second kappa shape index (κ2) is 15.6. The summed E-state index contributed by atoms with van der Waals surface area (Å²) in [6.45, 7) is 7.75. The molecule has 0 saturated heterocycles. The van der Waals surface area contributed by atoms with Crippen LogP contribution >= 0.6 is 0 Å². The van der Waals surface area contributed by atoms with Crippen LogP contribution in [0.15, 0.2) is 12.1 Å². The number of hydrogen-bond donors (Lipinski definition) is 3. The van der Waals surface area contributed by atoms with E-state index in [-0.39, 0.29) is 0 Å². The molecule has 170 valence electrons. The third-order valence-electron chi connectivity index (χ3n) is 5.01. The minimum absolute atomic E-state index is 0.368. The van der Waals surface area contributed by atoms with Gasteiger partial charge in [-0.15, -0.1) is 0 Å². The summed E-state index contributed by atoms with van der Waals surface area (Å²) in [6.07, 6.45) is 5.64. The molecule has 1 rings (SSSR count). The molecule has 0 spiro atoms. The molecule has 1 heterocycles. The number of nitrogens with one attached hydrogen (secondary N) is 2. The summed E-state index contributed by atoms with van der Waals surface area (Å²) in [5, 5.41) is 14.7. The van der Waals surface area contributed by atoms with Gasteiger partial charge in [-0.05, 0) is 56.7 Å². The first-order valence-electron chi connectivity index (χ1n) is 10.9. The molecule has 8 heteroatoms. The van der Waals surface area contributed by atoms with E-state index in [9.17, 15) is 14.7 Å². The molecule has 0 saturated carbocycles. The van der Waals surface area contributed by atoms with Crippen molar-refractivity contribution < 1.29 is 19.4 Å². The lowest BCUT2D eigenvalue weighted by molar-refractivity contribution is -0.140. The van der Waals surface area contributed by atoms with Crippen molar-refractivity contribution in [3.8, 4) is 0 Å². The monoisotopic (exact) mass is 422 g/mol. The van der Waals surface area contributed by atoms with Gasteiger partial charge < -0.3 is 25.4 Å². The van der Waals surface area contributed by atoms with Crippen molar-refractivity contribution in [1.29, 1.82) is 0 Å². The standard InChI is InChI=1S/C22H38N4O4/c1-4-15-30-16-14-26(13-11-20(22(28)29)24-17-27)12-7-6-8-19-10-9-18(5-2)21(23-3)25-19/h9-10,17,20H,4-8,11-16H2,1-3H3,(H,23,25)(H,24,27)(H,28,29). The van der Waals surface area contributed by atoms with Crippen LogP contribution in [-0.4, -0.2) is 73.3 Å². The molecule has 0 radical (unpaired) electrons. The number of carboxylic acids is 1. The van der Waals surface area contributed by atoms with Gasteiger partial charge >= 0.3 is 5.97 Å². The zero-order valence-electron chi connectivity index (χ0n) is 18.7. The quantitative estimate of drug-likeness (QED) is 0.246. The van der Waals surface area contributed by atoms with Gasteiger partial charge in [-0.3, -0.25) is 4.79 Å². The van der Waals surface area contributed by atoms with E-state index in [2.05, 4.69) is 41.5 Å². The number of aryl methyl sites for hydroxylation is 2. The Morgan fingerprint density at radius 1 is 1.23 bits per heavy atom. The van der Waals surface area contributed by atoms with Crippen molar-refractivity contribution in [3.63, 3.8) is 0 Å². The van der Waals surface area contributed by atoms with Gasteiger partial charge in [-0.2, -0.15) is 0 Å². The van der Waals surface area contributed by atoms with Gasteiger partial charge in [0.2, 0.25) is 6.41 Å². The number of anilines is 1. The highest BCUT2D eigenvalue weighted by Crippen LogP contribution is 2.15. The molecule has 3 N–H and O–H groups in total. The number of aliphatic carboxylic acids is 1. The van der Waals surface area contributed by atoms with Gasteiger partial charge in [-0.25, -0.2) is 9.78 Å². The fraction of sp³-hybridized carbons (Fsp3) is 0.682. The lowest BCUT2D eigenvalue weighted by Gasteiger charge is -2.24. The van der Waals surface area contributed by atoms with E-state index >= 15 is 0 Å². The predicted molar refractivity (Wildman–Crippen MR) is 119 cm³/mol.